The fraction of sp³-hybridized carbons (Fsp3) is 0.200. The molecule has 0 fully saturated rings. The molecule has 0 unspecified atom stereocenters. The predicted octanol–water partition coefficient (Wildman–Crippen LogP) is 3.94. The average molecular weight is 381 g/mol. The van der Waals surface area contributed by atoms with E-state index in [0.29, 0.717) is 17.0 Å². The van der Waals surface area contributed by atoms with E-state index in [2.05, 4.69) is 5.32 Å². The molecule has 0 aliphatic rings. The van der Waals surface area contributed by atoms with Crippen LogP contribution in [0, 0.1) is 21.4 Å². The van der Waals surface area contributed by atoms with Crippen LogP contribution in [0.1, 0.15) is 19.4 Å². The van der Waals surface area contributed by atoms with Crippen LogP contribution < -0.4 is 14.8 Å². The van der Waals surface area contributed by atoms with Crippen molar-refractivity contribution in [2.45, 2.75) is 20.0 Å². The van der Waals surface area contributed by atoms with Gasteiger partial charge in [0.2, 0.25) is 0 Å². The normalized spacial score (nSPS) is 10.9. The quantitative estimate of drug-likeness (QED) is 0.336. The Hall–Kier alpha value is -3.86. The van der Waals surface area contributed by atoms with Gasteiger partial charge in [-0.2, -0.15) is 5.26 Å². The largest absolute Gasteiger partial charge is 0.491 e. The molecule has 0 atom stereocenters. The number of hydrogen-bond acceptors (Lipinski definition) is 6. The number of nitrogens with one attached hydrogen (secondary N) is 1. The average Bonchev–Trinajstić information content (AvgIpc) is 2.65. The van der Waals surface area contributed by atoms with E-state index in [-0.39, 0.29) is 23.1 Å². The molecule has 0 saturated heterocycles. The van der Waals surface area contributed by atoms with Crippen molar-refractivity contribution in [2.24, 2.45) is 0 Å². The van der Waals surface area contributed by atoms with E-state index in [9.17, 15) is 20.2 Å². The Bertz CT molecular complexity index is 961. The fourth-order valence-corrected chi connectivity index (χ4v) is 2.37. The fourth-order valence-electron chi connectivity index (χ4n) is 2.37. The third-order valence-electron chi connectivity index (χ3n) is 3.54. The number of nitro benzene ring substituents is 1. The molecule has 8 heteroatoms. The SMILES string of the molecule is COc1ccc(/C=C(/C#N)C(=O)Nc2cccc(OC(C)C)c2)cc1[N+](=O)[O-]. The molecule has 1 amide bonds. The lowest BCUT2D eigenvalue weighted by Crippen LogP contribution is -2.13. The number of nitro groups is 1. The maximum atomic E-state index is 12.4. The third kappa shape index (κ3) is 5.32. The van der Waals surface area contributed by atoms with Gasteiger partial charge in [0.25, 0.3) is 5.91 Å². The molecule has 2 aromatic carbocycles. The standard InChI is InChI=1S/C20H19N3O5/c1-13(2)28-17-6-4-5-16(11-17)22-20(24)15(12-21)9-14-7-8-19(27-3)18(10-14)23(25)26/h4-11,13H,1-3H3,(H,22,24)/b15-9-. The number of anilines is 1. The van der Waals surface area contributed by atoms with Gasteiger partial charge in [-0.3, -0.25) is 14.9 Å². The van der Waals surface area contributed by atoms with E-state index in [4.69, 9.17) is 9.47 Å². The topological polar surface area (TPSA) is 114 Å². The molecule has 2 rings (SSSR count). The molecule has 0 saturated carbocycles. The molecule has 0 heterocycles. The number of nitrogens with zero attached hydrogens (tertiary/aromatic N) is 2. The van der Waals surface area contributed by atoms with Gasteiger partial charge in [-0.15, -0.1) is 0 Å². The predicted molar refractivity (Wildman–Crippen MR) is 104 cm³/mol. The zero-order valence-corrected chi connectivity index (χ0v) is 15.6. The molecular formula is C20H19N3O5. The van der Waals surface area contributed by atoms with Crippen LogP contribution in [-0.2, 0) is 4.79 Å². The van der Waals surface area contributed by atoms with Crippen molar-refractivity contribution in [3.63, 3.8) is 0 Å². The van der Waals surface area contributed by atoms with Crippen LogP contribution in [0.3, 0.4) is 0 Å². The van der Waals surface area contributed by atoms with Gasteiger partial charge >= 0.3 is 5.69 Å². The molecule has 28 heavy (non-hydrogen) atoms. The second kappa shape index (κ2) is 9.19. The van der Waals surface area contributed by atoms with Crippen molar-refractivity contribution in [2.75, 3.05) is 12.4 Å². The first-order valence-corrected chi connectivity index (χ1v) is 8.36. The summed E-state index contributed by atoms with van der Waals surface area (Å²) >= 11 is 0. The number of hydrogen-bond donors (Lipinski definition) is 1. The molecule has 0 spiro atoms. The minimum atomic E-state index is -0.636. The molecule has 144 valence electrons. The number of rotatable bonds is 7. The van der Waals surface area contributed by atoms with Gasteiger partial charge in [0.15, 0.2) is 5.75 Å². The zero-order chi connectivity index (χ0) is 20.7. The van der Waals surface area contributed by atoms with Crippen LogP contribution in [0.5, 0.6) is 11.5 Å². The number of carbonyl (C=O) groups is 1. The van der Waals surface area contributed by atoms with E-state index in [0.717, 1.165) is 0 Å². The van der Waals surface area contributed by atoms with Crippen LogP contribution in [0.4, 0.5) is 11.4 Å². The highest BCUT2D eigenvalue weighted by Gasteiger charge is 2.16. The van der Waals surface area contributed by atoms with E-state index in [1.807, 2.05) is 19.9 Å². The molecule has 0 radical (unpaired) electrons. The maximum absolute atomic E-state index is 12.4. The molecule has 8 nitrogen and oxygen atoms in total. The van der Waals surface area contributed by atoms with Gasteiger partial charge in [0.05, 0.1) is 18.1 Å². The van der Waals surface area contributed by atoms with Crippen molar-refractivity contribution in [1.29, 1.82) is 5.26 Å². The molecule has 0 aromatic heterocycles. The highest BCUT2D eigenvalue weighted by atomic mass is 16.6. The van der Waals surface area contributed by atoms with Crippen LogP contribution >= 0.6 is 0 Å². The Labute approximate surface area is 162 Å². The lowest BCUT2D eigenvalue weighted by atomic mass is 10.1. The minimum Gasteiger partial charge on any atom is -0.491 e. The van der Waals surface area contributed by atoms with Crippen LogP contribution in [0.2, 0.25) is 0 Å². The number of carbonyl (C=O) groups excluding carboxylic acids is 1. The molecule has 1 N–H and O–H groups in total. The maximum Gasteiger partial charge on any atom is 0.311 e. The van der Waals surface area contributed by atoms with E-state index >= 15 is 0 Å². The lowest BCUT2D eigenvalue weighted by Gasteiger charge is -2.11. The lowest BCUT2D eigenvalue weighted by molar-refractivity contribution is -0.385. The summed E-state index contributed by atoms with van der Waals surface area (Å²) in [6.07, 6.45) is 1.25. The number of ether oxygens (including phenoxy) is 2. The van der Waals surface area contributed by atoms with Gasteiger partial charge in [-0.05, 0) is 43.7 Å². The van der Waals surface area contributed by atoms with Crippen LogP contribution in [0.25, 0.3) is 6.08 Å². The minimum absolute atomic E-state index is 0.0219. The van der Waals surface area contributed by atoms with Crippen molar-refractivity contribution in [3.8, 4) is 17.6 Å². The summed E-state index contributed by atoms with van der Waals surface area (Å²) in [6, 6.07) is 12.8. The molecule has 2 aromatic rings. The molecule has 0 bridgehead atoms. The molecular weight excluding hydrogens is 362 g/mol. The smallest absolute Gasteiger partial charge is 0.311 e. The Morgan fingerprint density at radius 3 is 2.64 bits per heavy atom. The highest BCUT2D eigenvalue weighted by molar-refractivity contribution is 6.09. The summed E-state index contributed by atoms with van der Waals surface area (Å²) in [4.78, 5) is 22.9. The van der Waals surface area contributed by atoms with Gasteiger partial charge in [0.1, 0.15) is 17.4 Å². The van der Waals surface area contributed by atoms with Gasteiger partial charge in [-0.25, -0.2) is 0 Å². The highest BCUT2D eigenvalue weighted by Crippen LogP contribution is 2.28. The van der Waals surface area contributed by atoms with E-state index < -0.39 is 10.8 Å². The summed E-state index contributed by atoms with van der Waals surface area (Å²) in [5.74, 6) is 0.0378. The summed E-state index contributed by atoms with van der Waals surface area (Å²) in [5.41, 5.74) is 0.336. The van der Waals surface area contributed by atoms with Crippen molar-refractivity contribution < 1.29 is 19.2 Å². The number of nitriles is 1. The third-order valence-corrected chi connectivity index (χ3v) is 3.54. The monoisotopic (exact) mass is 381 g/mol. The summed E-state index contributed by atoms with van der Waals surface area (Å²) in [7, 11) is 1.32. The first kappa shape index (κ1) is 20.5. The first-order valence-electron chi connectivity index (χ1n) is 8.36. The summed E-state index contributed by atoms with van der Waals surface area (Å²) in [6.45, 7) is 3.77. The van der Waals surface area contributed by atoms with Crippen molar-refractivity contribution >= 4 is 23.4 Å². The second-order valence-corrected chi connectivity index (χ2v) is 6.01. The Morgan fingerprint density at radius 2 is 2.04 bits per heavy atom. The molecule has 0 aliphatic carbocycles. The van der Waals surface area contributed by atoms with Crippen molar-refractivity contribution in [3.05, 3.63) is 63.7 Å². The Morgan fingerprint density at radius 1 is 1.29 bits per heavy atom. The molecule has 0 aliphatic heterocycles. The van der Waals surface area contributed by atoms with Gasteiger partial charge < -0.3 is 14.8 Å². The number of methoxy groups -OCH3 is 1. The zero-order valence-electron chi connectivity index (χ0n) is 15.6. The first-order chi connectivity index (χ1) is 13.3. The second-order valence-electron chi connectivity index (χ2n) is 6.01. The summed E-state index contributed by atoms with van der Waals surface area (Å²) < 4.78 is 10.5. The Kier molecular flexibility index (Phi) is 6.71. The number of amides is 1. The van der Waals surface area contributed by atoms with Crippen LogP contribution in [-0.4, -0.2) is 24.0 Å². The Balaban J connectivity index is 2.25. The number of benzene rings is 2. The van der Waals surface area contributed by atoms with Crippen LogP contribution in [0.15, 0.2) is 48.0 Å². The van der Waals surface area contributed by atoms with Gasteiger partial charge in [-0.1, -0.05) is 12.1 Å². The van der Waals surface area contributed by atoms with E-state index in [1.165, 1.54) is 31.4 Å². The van der Waals surface area contributed by atoms with E-state index in [1.54, 1.807) is 24.3 Å². The van der Waals surface area contributed by atoms with Crippen molar-refractivity contribution in [1.82, 2.24) is 0 Å². The summed E-state index contributed by atoms with van der Waals surface area (Å²) in [5, 5.41) is 23.1. The van der Waals surface area contributed by atoms with Gasteiger partial charge in [0, 0.05) is 17.8 Å².